The van der Waals surface area contributed by atoms with Crippen molar-refractivity contribution in [3.63, 3.8) is 0 Å². The summed E-state index contributed by atoms with van der Waals surface area (Å²) in [4.78, 5) is 8.73. The molecule has 2 N–H and O–H groups in total. The van der Waals surface area contributed by atoms with Gasteiger partial charge in [0.05, 0.1) is 24.5 Å². The molecule has 0 fully saturated rings. The minimum Gasteiger partial charge on any atom is -0.351 e. The van der Waals surface area contributed by atoms with Gasteiger partial charge in [-0.1, -0.05) is 24.3 Å². The minimum atomic E-state index is 0.617. The molecule has 2 aromatic heterocycles. The van der Waals surface area contributed by atoms with Crippen LogP contribution in [-0.2, 0) is 20.1 Å². The Kier molecular flexibility index (Phi) is 4.52. The van der Waals surface area contributed by atoms with Gasteiger partial charge in [0, 0.05) is 31.9 Å². The third-order valence-electron chi connectivity index (χ3n) is 3.76. The van der Waals surface area contributed by atoms with Crippen LogP contribution < -0.4 is 10.6 Å². The van der Waals surface area contributed by atoms with Crippen LogP contribution in [0, 0.1) is 0 Å². The number of hydrogen-bond acceptors (Lipinski definition) is 3. The molecular weight excluding hydrogens is 288 g/mol. The van der Waals surface area contributed by atoms with Crippen molar-refractivity contribution in [1.82, 2.24) is 25.4 Å². The van der Waals surface area contributed by atoms with Crippen LogP contribution in [0.25, 0.3) is 10.8 Å². The maximum Gasteiger partial charge on any atom is 0.191 e. The van der Waals surface area contributed by atoms with E-state index in [-0.39, 0.29) is 0 Å². The lowest BCUT2D eigenvalue weighted by Crippen LogP contribution is -2.37. The average molecular weight is 308 g/mol. The zero-order valence-corrected chi connectivity index (χ0v) is 13.3. The highest BCUT2D eigenvalue weighted by atomic mass is 15.3. The van der Waals surface area contributed by atoms with Crippen LogP contribution in [0.3, 0.4) is 0 Å². The van der Waals surface area contributed by atoms with Crippen LogP contribution in [0.15, 0.2) is 53.8 Å². The number of benzene rings is 1. The molecular formula is C17H20N6. The van der Waals surface area contributed by atoms with Crippen LogP contribution in [-0.4, -0.2) is 27.8 Å². The molecule has 0 amide bonds. The zero-order valence-electron chi connectivity index (χ0n) is 13.3. The average Bonchev–Trinajstić information content (AvgIpc) is 3.00. The highest BCUT2D eigenvalue weighted by Crippen LogP contribution is 2.15. The molecule has 0 unspecified atom stereocenters. The van der Waals surface area contributed by atoms with Crippen LogP contribution in [0.4, 0.5) is 0 Å². The molecule has 0 aliphatic heterocycles. The number of nitrogens with zero attached hydrogens (tertiary/aromatic N) is 4. The number of nitrogens with one attached hydrogen (secondary N) is 2. The minimum absolute atomic E-state index is 0.617. The number of guanidine groups is 1. The molecule has 0 atom stereocenters. The first-order chi connectivity index (χ1) is 11.3. The molecule has 0 radical (unpaired) electrons. The molecule has 0 saturated heterocycles. The fourth-order valence-corrected chi connectivity index (χ4v) is 2.46. The summed E-state index contributed by atoms with van der Waals surface area (Å²) in [6.45, 7) is 1.28. The quantitative estimate of drug-likeness (QED) is 0.570. The number of aryl methyl sites for hydroxylation is 1. The van der Waals surface area contributed by atoms with E-state index >= 15 is 0 Å². The smallest absolute Gasteiger partial charge is 0.191 e. The van der Waals surface area contributed by atoms with Crippen molar-refractivity contribution >= 4 is 16.7 Å². The number of rotatable bonds is 4. The van der Waals surface area contributed by atoms with E-state index in [0.29, 0.717) is 13.1 Å². The van der Waals surface area contributed by atoms with Crippen molar-refractivity contribution in [1.29, 1.82) is 0 Å². The van der Waals surface area contributed by atoms with E-state index in [0.717, 1.165) is 22.7 Å². The molecule has 0 spiro atoms. The van der Waals surface area contributed by atoms with Crippen molar-refractivity contribution in [2.45, 2.75) is 13.1 Å². The van der Waals surface area contributed by atoms with Gasteiger partial charge in [-0.15, -0.1) is 0 Å². The van der Waals surface area contributed by atoms with Gasteiger partial charge < -0.3 is 10.6 Å². The summed E-state index contributed by atoms with van der Waals surface area (Å²) in [6, 6.07) is 12.2. The summed E-state index contributed by atoms with van der Waals surface area (Å²) in [5.41, 5.74) is 2.10. The molecule has 2 heterocycles. The fourth-order valence-electron chi connectivity index (χ4n) is 2.46. The van der Waals surface area contributed by atoms with E-state index in [2.05, 4.69) is 37.8 Å². The van der Waals surface area contributed by atoms with Gasteiger partial charge in [0.1, 0.15) is 0 Å². The molecule has 6 nitrogen and oxygen atoms in total. The number of hydrogen-bond donors (Lipinski definition) is 2. The van der Waals surface area contributed by atoms with E-state index in [9.17, 15) is 0 Å². The third-order valence-corrected chi connectivity index (χ3v) is 3.76. The Morgan fingerprint density at radius 3 is 2.70 bits per heavy atom. The van der Waals surface area contributed by atoms with E-state index in [1.807, 2.05) is 42.2 Å². The Hall–Kier alpha value is -2.89. The zero-order chi connectivity index (χ0) is 16.1. The predicted molar refractivity (Wildman–Crippen MR) is 92.0 cm³/mol. The maximum absolute atomic E-state index is 4.48. The Balaban J connectivity index is 1.65. The molecule has 0 saturated carbocycles. The van der Waals surface area contributed by atoms with Crippen LogP contribution >= 0.6 is 0 Å². The first-order valence-electron chi connectivity index (χ1n) is 7.52. The van der Waals surface area contributed by atoms with E-state index in [4.69, 9.17) is 0 Å². The second kappa shape index (κ2) is 6.91. The van der Waals surface area contributed by atoms with Gasteiger partial charge in [-0.2, -0.15) is 5.10 Å². The molecule has 3 aromatic rings. The highest BCUT2D eigenvalue weighted by molar-refractivity contribution is 5.85. The van der Waals surface area contributed by atoms with Gasteiger partial charge in [-0.05, 0) is 17.5 Å². The molecule has 23 heavy (non-hydrogen) atoms. The molecule has 6 heteroatoms. The van der Waals surface area contributed by atoms with Gasteiger partial charge >= 0.3 is 0 Å². The first-order valence-corrected chi connectivity index (χ1v) is 7.52. The van der Waals surface area contributed by atoms with Gasteiger partial charge in [-0.25, -0.2) is 0 Å². The predicted octanol–water partition coefficient (Wildman–Crippen LogP) is 1.83. The van der Waals surface area contributed by atoms with Gasteiger partial charge in [0.15, 0.2) is 5.96 Å². The largest absolute Gasteiger partial charge is 0.351 e. The summed E-state index contributed by atoms with van der Waals surface area (Å²) < 4.78 is 1.84. The Morgan fingerprint density at radius 1 is 1.09 bits per heavy atom. The maximum atomic E-state index is 4.48. The van der Waals surface area contributed by atoms with Gasteiger partial charge in [-0.3, -0.25) is 14.7 Å². The van der Waals surface area contributed by atoms with Crippen molar-refractivity contribution in [3.8, 4) is 0 Å². The van der Waals surface area contributed by atoms with Crippen molar-refractivity contribution in [2.24, 2.45) is 12.0 Å². The number of pyridine rings is 1. The summed E-state index contributed by atoms with van der Waals surface area (Å²) in [5, 5.41) is 13.1. The third kappa shape index (κ3) is 3.48. The molecule has 0 aliphatic carbocycles. The van der Waals surface area contributed by atoms with Crippen LogP contribution in [0.1, 0.15) is 11.4 Å². The first kappa shape index (κ1) is 15.0. The lowest BCUT2D eigenvalue weighted by Gasteiger charge is -2.12. The highest BCUT2D eigenvalue weighted by Gasteiger charge is 2.04. The standard InChI is InChI=1S/C17H20N6/c1-18-17(20-11-14-8-10-22-23(14)2)21-12-16-15-6-4-3-5-13(15)7-9-19-16/h3-10H,11-12H2,1-2H3,(H2,18,20,21). The van der Waals surface area contributed by atoms with Crippen LogP contribution in [0.5, 0.6) is 0 Å². The second-order valence-electron chi connectivity index (χ2n) is 5.20. The number of aromatic nitrogens is 3. The van der Waals surface area contributed by atoms with Crippen molar-refractivity contribution < 1.29 is 0 Å². The van der Waals surface area contributed by atoms with Gasteiger partial charge in [0.2, 0.25) is 0 Å². The summed E-state index contributed by atoms with van der Waals surface area (Å²) in [5.74, 6) is 0.737. The summed E-state index contributed by atoms with van der Waals surface area (Å²) >= 11 is 0. The summed E-state index contributed by atoms with van der Waals surface area (Å²) in [7, 11) is 3.68. The van der Waals surface area contributed by atoms with Crippen LogP contribution in [0.2, 0.25) is 0 Å². The second-order valence-corrected chi connectivity index (χ2v) is 5.20. The SMILES string of the molecule is CN=C(NCc1nccc2ccccc12)NCc1ccnn1C. The Morgan fingerprint density at radius 2 is 1.91 bits per heavy atom. The molecule has 1 aromatic carbocycles. The number of fused-ring (bicyclic) bond motifs is 1. The molecule has 0 aliphatic rings. The molecule has 118 valence electrons. The Bertz CT molecular complexity index is 815. The fraction of sp³-hybridized carbons (Fsp3) is 0.235. The summed E-state index contributed by atoms with van der Waals surface area (Å²) in [6.07, 6.45) is 3.62. The Labute approximate surface area is 135 Å². The van der Waals surface area contributed by atoms with E-state index in [1.54, 1.807) is 13.2 Å². The number of aliphatic imine (C=N–C) groups is 1. The molecule has 0 bridgehead atoms. The normalized spacial score (nSPS) is 11.7. The monoisotopic (exact) mass is 308 g/mol. The topological polar surface area (TPSA) is 67.1 Å². The van der Waals surface area contributed by atoms with E-state index in [1.165, 1.54) is 5.39 Å². The van der Waals surface area contributed by atoms with Crippen molar-refractivity contribution in [3.05, 3.63) is 60.2 Å². The van der Waals surface area contributed by atoms with E-state index < -0.39 is 0 Å². The molecule has 3 rings (SSSR count). The lowest BCUT2D eigenvalue weighted by atomic mass is 10.1. The van der Waals surface area contributed by atoms with Gasteiger partial charge in [0.25, 0.3) is 0 Å². The van der Waals surface area contributed by atoms with Crippen molar-refractivity contribution in [2.75, 3.05) is 7.05 Å². The lowest BCUT2D eigenvalue weighted by molar-refractivity contribution is 0.684.